The molecule has 2 aliphatic rings. The van der Waals surface area contributed by atoms with Gasteiger partial charge in [0.25, 0.3) is 0 Å². The van der Waals surface area contributed by atoms with Crippen molar-refractivity contribution in [1.29, 1.82) is 0 Å². The molecular formula is C16H23ClN2O2. The second kappa shape index (κ2) is 6.97. The molecule has 2 saturated heterocycles. The molecule has 0 aliphatic carbocycles. The van der Waals surface area contributed by atoms with Crippen molar-refractivity contribution in [1.82, 2.24) is 5.32 Å². The van der Waals surface area contributed by atoms with Crippen LogP contribution in [-0.4, -0.2) is 49.6 Å². The molecule has 0 saturated carbocycles. The van der Waals surface area contributed by atoms with Crippen molar-refractivity contribution >= 4 is 17.3 Å². The molecule has 0 aromatic heterocycles. The van der Waals surface area contributed by atoms with Gasteiger partial charge in [0, 0.05) is 31.8 Å². The maximum Gasteiger partial charge on any atom is 0.0927 e. The second-order valence-electron chi connectivity index (χ2n) is 5.92. The van der Waals surface area contributed by atoms with Crippen molar-refractivity contribution in [3.63, 3.8) is 0 Å². The second-order valence-corrected chi connectivity index (χ2v) is 6.32. The van der Waals surface area contributed by atoms with E-state index in [-0.39, 0.29) is 12.1 Å². The van der Waals surface area contributed by atoms with Crippen LogP contribution in [0, 0.1) is 0 Å². The minimum Gasteiger partial charge on any atom is -0.389 e. The van der Waals surface area contributed by atoms with Crippen LogP contribution >= 0.6 is 11.6 Å². The summed E-state index contributed by atoms with van der Waals surface area (Å²) in [5.74, 6) is 0. The Morgan fingerprint density at radius 1 is 1.19 bits per heavy atom. The Morgan fingerprint density at radius 2 is 1.95 bits per heavy atom. The topological polar surface area (TPSA) is 44.7 Å². The van der Waals surface area contributed by atoms with Gasteiger partial charge in [0.05, 0.1) is 23.4 Å². The Morgan fingerprint density at radius 3 is 2.67 bits per heavy atom. The first-order valence-electron chi connectivity index (χ1n) is 7.75. The molecular weight excluding hydrogens is 288 g/mol. The fraction of sp³-hybridized carbons (Fsp3) is 0.625. The monoisotopic (exact) mass is 310 g/mol. The first kappa shape index (κ1) is 15.1. The zero-order valence-electron chi connectivity index (χ0n) is 12.2. The van der Waals surface area contributed by atoms with Gasteiger partial charge in [-0.3, -0.25) is 0 Å². The molecule has 2 aliphatic heterocycles. The molecule has 2 fully saturated rings. The maximum atomic E-state index is 9.95. The van der Waals surface area contributed by atoms with Crippen LogP contribution in [0.3, 0.4) is 0 Å². The number of aliphatic hydroxyl groups is 1. The van der Waals surface area contributed by atoms with Gasteiger partial charge in [-0.15, -0.1) is 0 Å². The van der Waals surface area contributed by atoms with Crippen LogP contribution in [0.4, 0.5) is 5.69 Å². The number of nitrogens with one attached hydrogen (secondary N) is 1. The lowest BCUT2D eigenvalue weighted by Crippen LogP contribution is -2.53. The number of halogens is 1. The average Bonchev–Trinajstić information content (AvgIpc) is 2.51. The molecule has 3 rings (SSSR count). The molecule has 2 heterocycles. The highest BCUT2D eigenvalue weighted by Crippen LogP contribution is 2.28. The van der Waals surface area contributed by atoms with E-state index in [1.807, 2.05) is 18.2 Å². The maximum absolute atomic E-state index is 9.95. The lowest BCUT2D eigenvalue weighted by atomic mass is 9.99. The van der Waals surface area contributed by atoms with E-state index < -0.39 is 0 Å². The fourth-order valence-electron chi connectivity index (χ4n) is 3.22. The van der Waals surface area contributed by atoms with Gasteiger partial charge in [-0.05, 0) is 31.4 Å². The number of ether oxygens (including phenoxy) is 1. The minimum absolute atomic E-state index is 0.176. The number of para-hydroxylation sites is 1. The van der Waals surface area contributed by atoms with Crippen molar-refractivity contribution in [2.75, 3.05) is 31.2 Å². The highest BCUT2D eigenvalue weighted by Gasteiger charge is 2.28. The van der Waals surface area contributed by atoms with Crippen LogP contribution in [-0.2, 0) is 4.74 Å². The number of benzene rings is 1. The van der Waals surface area contributed by atoms with Gasteiger partial charge in [0.2, 0.25) is 0 Å². The molecule has 0 amide bonds. The summed E-state index contributed by atoms with van der Waals surface area (Å²) in [4.78, 5) is 2.35. The molecule has 0 radical (unpaired) electrons. The Labute approximate surface area is 131 Å². The number of rotatable bonds is 3. The molecule has 21 heavy (non-hydrogen) atoms. The molecule has 116 valence electrons. The smallest absolute Gasteiger partial charge is 0.0927 e. The molecule has 2 N–H and O–H groups in total. The summed E-state index contributed by atoms with van der Waals surface area (Å²) in [7, 11) is 0. The summed E-state index contributed by atoms with van der Waals surface area (Å²) < 4.78 is 5.28. The number of nitrogens with zero attached hydrogens (tertiary/aromatic N) is 1. The van der Waals surface area contributed by atoms with E-state index in [2.05, 4.69) is 16.3 Å². The predicted octanol–water partition coefficient (Wildman–Crippen LogP) is 2.05. The predicted molar refractivity (Wildman–Crippen MR) is 85.1 cm³/mol. The summed E-state index contributed by atoms with van der Waals surface area (Å²) in [5, 5.41) is 14.4. The van der Waals surface area contributed by atoms with E-state index in [1.165, 1.54) is 0 Å². The van der Waals surface area contributed by atoms with Crippen LogP contribution in [0.15, 0.2) is 24.3 Å². The Kier molecular flexibility index (Phi) is 5.01. The summed E-state index contributed by atoms with van der Waals surface area (Å²) in [6, 6.07) is 8.67. The van der Waals surface area contributed by atoms with Gasteiger partial charge < -0.3 is 20.1 Å². The fourth-order valence-corrected chi connectivity index (χ4v) is 3.47. The first-order valence-corrected chi connectivity index (χ1v) is 8.13. The van der Waals surface area contributed by atoms with Gasteiger partial charge in [-0.1, -0.05) is 23.7 Å². The largest absolute Gasteiger partial charge is 0.389 e. The van der Waals surface area contributed by atoms with Crippen molar-refractivity contribution < 1.29 is 9.84 Å². The van der Waals surface area contributed by atoms with Gasteiger partial charge in [0.1, 0.15) is 0 Å². The third-order valence-electron chi connectivity index (χ3n) is 4.46. The molecule has 2 atom stereocenters. The van der Waals surface area contributed by atoms with Crippen molar-refractivity contribution in [3.8, 4) is 0 Å². The third kappa shape index (κ3) is 3.69. The number of hydrogen-bond acceptors (Lipinski definition) is 4. The molecule has 5 heteroatoms. The number of anilines is 1. The Hall–Kier alpha value is -0.810. The molecule has 0 bridgehead atoms. The van der Waals surface area contributed by atoms with E-state index in [9.17, 15) is 5.11 Å². The van der Waals surface area contributed by atoms with Crippen molar-refractivity contribution in [3.05, 3.63) is 29.3 Å². The molecule has 1 aromatic rings. The number of aliphatic hydroxyl groups excluding tert-OH is 1. The zero-order valence-corrected chi connectivity index (χ0v) is 12.9. The van der Waals surface area contributed by atoms with E-state index in [0.29, 0.717) is 12.6 Å². The summed E-state index contributed by atoms with van der Waals surface area (Å²) in [6.07, 6.45) is 2.68. The van der Waals surface area contributed by atoms with Gasteiger partial charge in [0.15, 0.2) is 0 Å². The van der Waals surface area contributed by atoms with Crippen molar-refractivity contribution in [2.24, 2.45) is 0 Å². The lowest BCUT2D eigenvalue weighted by molar-refractivity contribution is -0.0309. The normalized spacial score (nSPS) is 27.8. The van der Waals surface area contributed by atoms with Crippen LogP contribution in [0.1, 0.15) is 19.3 Å². The standard InChI is InChI=1S/C16H23ClN2O2/c17-13-3-1-2-4-15(13)19-8-5-12(6-9-19)18-14-7-10-21-11-16(14)20/h1-4,12,14,16,18,20H,5-11H2/t14-,16-/m1/s1. The van der Waals surface area contributed by atoms with Crippen molar-refractivity contribution in [2.45, 2.75) is 37.5 Å². The van der Waals surface area contributed by atoms with Crippen LogP contribution < -0.4 is 10.2 Å². The highest BCUT2D eigenvalue weighted by molar-refractivity contribution is 6.33. The van der Waals surface area contributed by atoms with Gasteiger partial charge >= 0.3 is 0 Å². The SMILES string of the molecule is O[C@@H]1COCC[C@H]1NC1CCN(c2ccccc2Cl)CC1. The van der Waals surface area contributed by atoms with E-state index in [4.69, 9.17) is 16.3 Å². The zero-order chi connectivity index (χ0) is 14.7. The summed E-state index contributed by atoms with van der Waals surface area (Å²) >= 11 is 6.26. The van der Waals surface area contributed by atoms with E-state index >= 15 is 0 Å². The number of piperidine rings is 1. The summed E-state index contributed by atoms with van der Waals surface area (Å²) in [5.41, 5.74) is 1.13. The van der Waals surface area contributed by atoms with Gasteiger partial charge in [-0.2, -0.15) is 0 Å². The molecule has 4 nitrogen and oxygen atoms in total. The molecule has 1 aromatic carbocycles. The molecule has 0 spiro atoms. The minimum atomic E-state index is -0.375. The van der Waals surface area contributed by atoms with Gasteiger partial charge in [-0.25, -0.2) is 0 Å². The first-order chi connectivity index (χ1) is 10.2. The van der Waals surface area contributed by atoms with Crippen LogP contribution in [0.2, 0.25) is 5.02 Å². The van der Waals surface area contributed by atoms with E-state index in [1.54, 1.807) is 0 Å². The molecule has 0 unspecified atom stereocenters. The average molecular weight is 311 g/mol. The van der Waals surface area contributed by atoms with E-state index in [0.717, 1.165) is 49.7 Å². The number of hydrogen-bond donors (Lipinski definition) is 2. The van der Waals surface area contributed by atoms with Crippen LogP contribution in [0.5, 0.6) is 0 Å². The lowest BCUT2D eigenvalue weighted by Gasteiger charge is -2.38. The summed E-state index contributed by atoms with van der Waals surface area (Å²) in [6.45, 7) is 3.20. The Bertz CT molecular complexity index is 463. The highest BCUT2D eigenvalue weighted by atomic mass is 35.5. The quantitative estimate of drug-likeness (QED) is 0.897. The van der Waals surface area contributed by atoms with Crippen LogP contribution in [0.25, 0.3) is 0 Å². The third-order valence-corrected chi connectivity index (χ3v) is 4.78. The Balaban J connectivity index is 1.52.